The molecule has 0 saturated carbocycles. The van der Waals surface area contributed by atoms with Gasteiger partial charge in [0.1, 0.15) is 12.1 Å². The van der Waals surface area contributed by atoms with Gasteiger partial charge in [-0.05, 0) is 12.1 Å². The highest BCUT2D eigenvalue weighted by Gasteiger charge is 2.07. The number of methoxy groups -OCH3 is 1. The predicted octanol–water partition coefficient (Wildman–Crippen LogP) is 1.28. The van der Waals surface area contributed by atoms with Crippen molar-refractivity contribution in [3.63, 3.8) is 0 Å². The van der Waals surface area contributed by atoms with Crippen molar-refractivity contribution in [2.24, 2.45) is 0 Å². The van der Waals surface area contributed by atoms with Crippen molar-refractivity contribution in [1.82, 2.24) is 9.97 Å². The Bertz CT molecular complexity index is 631. The molecule has 2 aromatic rings. The number of amides is 1. The van der Waals surface area contributed by atoms with E-state index in [0.29, 0.717) is 17.0 Å². The summed E-state index contributed by atoms with van der Waals surface area (Å²) in [5.74, 6) is -0.367. The molecule has 108 valence electrons. The lowest BCUT2D eigenvalue weighted by atomic mass is 10.2. The molecule has 1 aromatic carbocycles. The Balaban J connectivity index is 2.01. The number of anilines is 1. The Morgan fingerprint density at radius 3 is 2.71 bits per heavy atom. The van der Waals surface area contributed by atoms with Crippen LogP contribution in [-0.4, -0.2) is 35.6 Å². The zero-order chi connectivity index (χ0) is 15.1. The fourth-order valence-electron chi connectivity index (χ4n) is 1.48. The number of esters is 1. The van der Waals surface area contributed by atoms with Crippen LogP contribution in [-0.2, 0) is 9.53 Å². The summed E-state index contributed by atoms with van der Waals surface area (Å²) in [6, 6.07) is 6.67. The first-order valence-corrected chi connectivity index (χ1v) is 6.05. The molecule has 0 bridgehead atoms. The lowest BCUT2D eigenvalue weighted by molar-refractivity contribution is -0.142. The molecule has 0 radical (unpaired) electrons. The normalized spacial score (nSPS) is 9.76. The number of nitrogens with one attached hydrogen (secondary N) is 1. The summed E-state index contributed by atoms with van der Waals surface area (Å²) in [6.45, 7) is -0.194. The van der Waals surface area contributed by atoms with E-state index in [4.69, 9.17) is 4.74 Å². The largest absolute Gasteiger partial charge is 0.482 e. The molecule has 0 saturated heterocycles. The van der Waals surface area contributed by atoms with Crippen molar-refractivity contribution >= 4 is 17.6 Å². The smallest absolute Gasteiger partial charge is 0.343 e. The predicted molar refractivity (Wildman–Crippen MR) is 73.9 cm³/mol. The Morgan fingerprint density at radius 1 is 1.24 bits per heavy atom. The number of nitrogens with zero attached hydrogens (tertiary/aromatic N) is 2. The van der Waals surface area contributed by atoms with Gasteiger partial charge in [0, 0.05) is 24.1 Å². The van der Waals surface area contributed by atoms with Crippen LogP contribution in [0.1, 0.15) is 10.4 Å². The maximum Gasteiger partial charge on any atom is 0.343 e. The second-order valence-corrected chi connectivity index (χ2v) is 3.97. The first kappa shape index (κ1) is 14.4. The van der Waals surface area contributed by atoms with E-state index in [2.05, 4.69) is 20.0 Å². The zero-order valence-corrected chi connectivity index (χ0v) is 11.3. The number of carbonyl (C=O) groups is 2. The second-order valence-electron chi connectivity index (χ2n) is 3.97. The molecule has 0 unspecified atom stereocenters. The third kappa shape index (κ3) is 4.27. The molecule has 1 aromatic heterocycles. The number of rotatable bonds is 5. The molecular formula is C14H13N3O4. The lowest BCUT2D eigenvalue weighted by Gasteiger charge is -2.08. The first-order valence-electron chi connectivity index (χ1n) is 6.05. The Labute approximate surface area is 120 Å². The molecule has 1 amide bonds. The summed E-state index contributed by atoms with van der Waals surface area (Å²) in [5, 5.41) is 2.69. The van der Waals surface area contributed by atoms with Crippen molar-refractivity contribution in [3.05, 3.63) is 48.5 Å². The Hall–Kier alpha value is -2.96. The van der Waals surface area contributed by atoms with Crippen LogP contribution in [0.15, 0.2) is 43.0 Å². The number of hydrogen-bond donors (Lipinski definition) is 1. The Morgan fingerprint density at radius 2 is 2.00 bits per heavy atom. The van der Waals surface area contributed by atoms with E-state index in [0.717, 1.165) is 0 Å². The fraction of sp³-hybridized carbons (Fsp3) is 0.143. The van der Waals surface area contributed by atoms with Crippen LogP contribution in [0, 0.1) is 0 Å². The average molecular weight is 287 g/mol. The van der Waals surface area contributed by atoms with Crippen LogP contribution in [0.4, 0.5) is 5.69 Å². The quantitative estimate of drug-likeness (QED) is 0.833. The minimum atomic E-state index is -0.481. The minimum absolute atomic E-state index is 0.194. The van der Waals surface area contributed by atoms with Crippen LogP contribution < -0.4 is 10.1 Å². The topological polar surface area (TPSA) is 90.4 Å². The highest BCUT2D eigenvalue weighted by atomic mass is 16.6. The van der Waals surface area contributed by atoms with Gasteiger partial charge in [0.15, 0.2) is 6.61 Å². The molecule has 7 nitrogen and oxygen atoms in total. The van der Waals surface area contributed by atoms with Crippen LogP contribution in [0.25, 0.3) is 0 Å². The second kappa shape index (κ2) is 6.99. The molecule has 1 heterocycles. The van der Waals surface area contributed by atoms with E-state index in [1.807, 2.05) is 0 Å². The number of hydrogen-bond acceptors (Lipinski definition) is 6. The van der Waals surface area contributed by atoms with Gasteiger partial charge in [0.05, 0.1) is 12.7 Å². The summed E-state index contributed by atoms with van der Waals surface area (Å²) in [6.07, 6.45) is 4.18. The number of benzene rings is 1. The SMILES string of the molecule is COC(=O)COc1cccc(NC(=O)c2cncnc2)c1. The van der Waals surface area contributed by atoms with E-state index in [1.54, 1.807) is 24.3 Å². The van der Waals surface area contributed by atoms with E-state index >= 15 is 0 Å². The summed E-state index contributed by atoms with van der Waals surface area (Å²) in [5.41, 5.74) is 0.879. The number of ether oxygens (including phenoxy) is 2. The minimum Gasteiger partial charge on any atom is -0.482 e. The number of aromatic nitrogens is 2. The molecule has 7 heteroatoms. The maximum absolute atomic E-state index is 11.9. The van der Waals surface area contributed by atoms with E-state index < -0.39 is 5.97 Å². The van der Waals surface area contributed by atoms with Gasteiger partial charge in [0.2, 0.25) is 0 Å². The fourth-order valence-corrected chi connectivity index (χ4v) is 1.48. The maximum atomic E-state index is 11.9. The highest BCUT2D eigenvalue weighted by molar-refractivity contribution is 6.03. The van der Waals surface area contributed by atoms with Crippen molar-refractivity contribution in [1.29, 1.82) is 0 Å². The van der Waals surface area contributed by atoms with Gasteiger partial charge in [-0.2, -0.15) is 0 Å². The first-order chi connectivity index (χ1) is 10.2. The highest BCUT2D eigenvalue weighted by Crippen LogP contribution is 2.18. The average Bonchev–Trinajstić information content (AvgIpc) is 2.53. The van der Waals surface area contributed by atoms with Gasteiger partial charge in [-0.25, -0.2) is 14.8 Å². The monoisotopic (exact) mass is 287 g/mol. The van der Waals surface area contributed by atoms with Crippen LogP contribution >= 0.6 is 0 Å². The van der Waals surface area contributed by atoms with E-state index in [9.17, 15) is 9.59 Å². The van der Waals surface area contributed by atoms with Crippen molar-refractivity contribution in [2.45, 2.75) is 0 Å². The molecule has 0 fully saturated rings. The van der Waals surface area contributed by atoms with Gasteiger partial charge in [0.25, 0.3) is 5.91 Å². The molecule has 0 atom stereocenters. The molecule has 0 spiro atoms. The third-order valence-corrected chi connectivity index (χ3v) is 2.50. The van der Waals surface area contributed by atoms with Crippen LogP contribution in [0.5, 0.6) is 5.75 Å². The van der Waals surface area contributed by atoms with Gasteiger partial charge < -0.3 is 14.8 Å². The zero-order valence-electron chi connectivity index (χ0n) is 11.3. The number of carbonyl (C=O) groups excluding carboxylic acids is 2. The van der Waals surface area contributed by atoms with Gasteiger partial charge in [-0.1, -0.05) is 6.07 Å². The summed E-state index contributed by atoms with van der Waals surface area (Å²) < 4.78 is 9.71. The molecule has 0 aliphatic heterocycles. The Kier molecular flexibility index (Phi) is 4.81. The molecule has 1 N–H and O–H groups in total. The van der Waals surface area contributed by atoms with E-state index in [1.165, 1.54) is 25.8 Å². The third-order valence-electron chi connectivity index (χ3n) is 2.50. The van der Waals surface area contributed by atoms with E-state index in [-0.39, 0.29) is 12.5 Å². The van der Waals surface area contributed by atoms with Crippen molar-refractivity contribution < 1.29 is 19.1 Å². The summed E-state index contributed by atoms with van der Waals surface area (Å²) >= 11 is 0. The molecule has 2 rings (SSSR count). The summed E-state index contributed by atoms with van der Waals surface area (Å²) in [4.78, 5) is 30.5. The van der Waals surface area contributed by atoms with Crippen molar-refractivity contribution in [2.75, 3.05) is 19.0 Å². The van der Waals surface area contributed by atoms with Gasteiger partial charge in [-0.15, -0.1) is 0 Å². The van der Waals surface area contributed by atoms with Gasteiger partial charge in [-0.3, -0.25) is 4.79 Å². The lowest BCUT2D eigenvalue weighted by Crippen LogP contribution is -2.14. The van der Waals surface area contributed by atoms with Crippen molar-refractivity contribution in [3.8, 4) is 5.75 Å². The van der Waals surface area contributed by atoms with Crippen LogP contribution in [0.3, 0.4) is 0 Å². The summed E-state index contributed by atoms with van der Waals surface area (Å²) in [7, 11) is 1.28. The van der Waals surface area contributed by atoms with Gasteiger partial charge >= 0.3 is 5.97 Å². The molecule has 21 heavy (non-hydrogen) atoms. The molecule has 0 aliphatic rings. The van der Waals surface area contributed by atoms with Crippen LogP contribution in [0.2, 0.25) is 0 Å². The molecular weight excluding hydrogens is 274 g/mol. The molecule has 0 aliphatic carbocycles. The standard InChI is InChI=1S/C14H13N3O4/c1-20-13(18)8-21-12-4-2-3-11(5-12)17-14(19)10-6-15-9-16-7-10/h2-7,9H,8H2,1H3,(H,17,19).